The third kappa shape index (κ3) is 7.74. The number of hydrogen-bond acceptors (Lipinski definition) is 5. The molecule has 8 heteroatoms. The fourth-order valence-electron chi connectivity index (χ4n) is 3.76. The number of aryl methyl sites for hydroxylation is 1. The Morgan fingerprint density at radius 2 is 1.94 bits per heavy atom. The van der Waals surface area contributed by atoms with Crippen LogP contribution < -0.4 is 10.6 Å². The third-order valence-corrected chi connectivity index (χ3v) is 5.61. The van der Waals surface area contributed by atoms with Crippen LogP contribution in [0.5, 0.6) is 0 Å². The van der Waals surface area contributed by atoms with Gasteiger partial charge in [0.05, 0.1) is 6.61 Å². The Hall–Kier alpha value is -2.61. The van der Waals surface area contributed by atoms with Gasteiger partial charge in [0.1, 0.15) is 17.7 Å². The lowest BCUT2D eigenvalue weighted by atomic mass is 9.88. The first kappa shape index (κ1) is 26.6. The molecule has 1 aromatic rings. The first-order chi connectivity index (χ1) is 15.6. The minimum Gasteiger partial charge on any atom is -0.444 e. The second-order valence-corrected chi connectivity index (χ2v) is 9.67. The van der Waals surface area contributed by atoms with Gasteiger partial charge in [-0.1, -0.05) is 43.2 Å². The van der Waals surface area contributed by atoms with Gasteiger partial charge in [0, 0.05) is 12.6 Å². The van der Waals surface area contributed by atoms with Crippen molar-refractivity contribution in [2.75, 3.05) is 13.2 Å². The van der Waals surface area contributed by atoms with Gasteiger partial charge in [0.25, 0.3) is 0 Å². The molecule has 2 unspecified atom stereocenters. The molecule has 2 atom stereocenters. The van der Waals surface area contributed by atoms with Gasteiger partial charge in [0.15, 0.2) is 0 Å². The van der Waals surface area contributed by atoms with Crippen LogP contribution in [0.4, 0.5) is 4.79 Å². The Morgan fingerprint density at radius 3 is 2.45 bits per heavy atom. The number of aliphatic hydroxyl groups excluding tert-OH is 1. The van der Waals surface area contributed by atoms with Crippen molar-refractivity contribution in [2.24, 2.45) is 0 Å². The number of nitrogens with one attached hydrogen (secondary N) is 2. The molecule has 184 valence electrons. The minimum atomic E-state index is -1.21. The molecule has 1 aliphatic carbocycles. The zero-order valence-corrected chi connectivity index (χ0v) is 20.5. The molecule has 33 heavy (non-hydrogen) atoms. The number of carbonyl (C=O) groups excluding carboxylic acids is 3. The van der Waals surface area contributed by atoms with Crippen LogP contribution in [0.3, 0.4) is 0 Å². The summed E-state index contributed by atoms with van der Waals surface area (Å²) in [6.45, 7) is 9.06. The molecule has 0 aromatic heterocycles. The molecule has 0 bridgehead atoms. The van der Waals surface area contributed by atoms with E-state index in [1.54, 1.807) is 25.7 Å². The van der Waals surface area contributed by atoms with Gasteiger partial charge < -0.3 is 25.4 Å². The summed E-state index contributed by atoms with van der Waals surface area (Å²) in [5.74, 6) is -0.756. The molecule has 0 saturated heterocycles. The molecule has 3 N–H and O–H groups in total. The van der Waals surface area contributed by atoms with E-state index in [1.165, 1.54) is 0 Å². The lowest BCUT2D eigenvalue weighted by molar-refractivity contribution is -0.148. The Labute approximate surface area is 197 Å². The fraction of sp³-hybridized carbons (Fsp3) is 0.640. The van der Waals surface area contributed by atoms with E-state index in [1.807, 2.05) is 38.1 Å². The smallest absolute Gasteiger partial charge is 0.408 e. The van der Waals surface area contributed by atoms with E-state index in [4.69, 9.17) is 4.74 Å². The molecular weight excluding hydrogens is 422 g/mol. The van der Waals surface area contributed by atoms with Gasteiger partial charge in [-0.25, -0.2) is 4.79 Å². The summed E-state index contributed by atoms with van der Waals surface area (Å²) < 4.78 is 5.26. The van der Waals surface area contributed by atoms with Gasteiger partial charge in [0.2, 0.25) is 11.8 Å². The van der Waals surface area contributed by atoms with Gasteiger partial charge in [-0.3, -0.25) is 9.59 Å². The number of unbranched alkanes of at least 4 members (excludes halogenated alkanes) is 1. The second kappa shape index (κ2) is 12.0. The molecular formula is C25H39N3O5. The fourth-order valence-corrected chi connectivity index (χ4v) is 3.76. The van der Waals surface area contributed by atoms with Crippen LogP contribution in [0.15, 0.2) is 24.3 Å². The minimum absolute atomic E-state index is 0.144. The third-order valence-electron chi connectivity index (χ3n) is 5.61. The van der Waals surface area contributed by atoms with Crippen LogP contribution in [-0.4, -0.2) is 58.8 Å². The zero-order valence-electron chi connectivity index (χ0n) is 20.5. The predicted octanol–water partition coefficient (Wildman–Crippen LogP) is 3.22. The summed E-state index contributed by atoms with van der Waals surface area (Å²) in [5, 5.41) is 15.4. The highest BCUT2D eigenvalue weighted by molar-refractivity contribution is 5.92. The van der Waals surface area contributed by atoms with Crippen molar-refractivity contribution < 1.29 is 24.2 Å². The Kier molecular flexibility index (Phi) is 9.70. The van der Waals surface area contributed by atoms with Crippen LogP contribution in [0.1, 0.15) is 77.0 Å². The number of alkyl carbamates (subject to hydrolysis) is 1. The number of ether oxygens (including phenoxy) is 1. The molecule has 3 amide bonds. The molecule has 1 aliphatic rings. The summed E-state index contributed by atoms with van der Waals surface area (Å²) in [7, 11) is 0. The summed E-state index contributed by atoms with van der Waals surface area (Å²) >= 11 is 0. The van der Waals surface area contributed by atoms with Crippen molar-refractivity contribution in [3.8, 4) is 0 Å². The molecule has 0 radical (unpaired) electrons. The SMILES string of the molecule is CCCCNC(=O)C(c1cccc(C)c1)N(C(=O)C(CO)NC(=O)OC(C)(C)C)C1CCC1. The zero-order chi connectivity index (χ0) is 24.6. The maximum atomic E-state index is 13.7. The molecule has 0 spiro atoms. The summed E-state index contributed by atoms with van der Waals surface area (Å²) in [6, 6.07) is 5.33. The van der Waals surface area contributed by atoms with Gasteiger partial charge in [-0.15, -0.1) is 0 Å². The average Bonchev–Trinajstić information content (AvgIpc) is 2.68. The number of amides is 3. The standard InChI is InChI=1S/C25H39N3O5/c1-6-7-14-26-22(30)21(18-11-8-10-17(2)15-18)28(19-12-9-13-19)23(31)20(16-29)27-24(32)33-25(3,4)5/h8,10-11,15,19-21,29H,6-7,9,12-14,16H2,1-5H3,(H,26,30)(H,27,32). The molecule has 0 aliphatic heterocycles. The van der Waals surface area contributed by atoms with Crippen LogP contribution in [0.25, 0.3) is 0 Å². The number of rotatable bonds is 10. The maximum absolute atomic E-state index is 13.7. The van der Waals surface area contributed by atoms with Gasteiger partial charge in [-0.05, 0) is 58.9 Å². The van der Waals surface area contributed by atoms with E-state index in [9.17, 15) is 19.5 Å². The number of aliphatic hydroxyl groups is 1. The molecule has 8 nitrogen and oxygen atoms in total. The normalized spacial score (nSPS) is 15.7. The summed E-state index contributed by atoms with van der Waals surface area (Å²) in [6.07, 6.45) is 3.47. The van der Waals surface area contributed by atoms with Crippen LogP contribution >= 0.6 is 0 Å². The largest absolute Gasteiger partial charge is 0.444 e. The number of benzene rings is 1. The van der Waals surface area contributed by atoms with E-state index in [-0.39, 0.29) is 11.9 Å². The van der Waals surface area contributed by atoms with E-state index in [0.29, 0.717) is 12.1 Å². The van der Waals surface area contributed by atoms with Crippen molar-refractivity contribution in [3.05, 3.63) is 35.4 Å². The van der Waals surface area contributed by atoms with Crippen molar-refractivity contribution in [1.29, 1.82) is 0 Å². The van der Waals surface area contributed by atoms with Crippen LogP contribution in [-0.2, 0) is 14.3 Å². The molecule has 2 rings (SSSR count). The highest BCUT2D eigenvalue weighted by Gasteiger charge is 2.41. The lowest BCUT2D eigenvalue weighted by Crippen LogP contribution is -2.58. The van der Waals surface area contributed by atoms with E-state index < -0.39 is 36.3 Å². The number of hydrogen-bond donors (Lipinski definition) is 3. The second-order valence-electron chi connectivity index (χ2n) is 9.67. The molecule has 1 aromatic carbocycles. The monoisotopic (exact) mass is 461 g/mol. The van der Waals surface area contributed by atoms with Crippen LogP contribution in [0.2, 0.25) is 0 Å². The van der Waals surface area contributed by atoms with E-state index in [0.717, 1.165) is 37.7 Å². The highest BCUT2D eigenvalue weighted by Crippen LogP contribution is 2.34. The van der Waals surface area contributed by atoms with Crippen molar-refractivity contribution in [3.63, 3.8) is 0 Å². The van der Waals surface area contributed by atoms with Crippen molar-refractivity contribution in [2.45, 2.75) is 90.4 Å². The van der Waals surface area contributed by atoms with Crippen LogP contribution in [0, 0.1) is 6.92 Å². The quantitative estimate of drug-likeness (QED) is 0.464. The Balaban J connectivity index is 2.37. The van der Waals surface area contributed by atoms with Crippen molar-refractivity contribution >= 4 is 17.9 Å². The molecule has 0 heterocycles. The summed E-state index contributed by atoms with van der Waals surface area (Å²) in [5.41, 5.74) is 0.938. The first-order valence-corrected chi connectivity index (χ1v) is 11.8. The Morgan fingerprint density at radius 1 is 1.24 bits per heavy atom. The first-order valence-electron chi connectivity index (χ1n) is 11.8. The Bertz CT molecular complexity index is 817. The highest BCUT2D eigenvalue weighted by atomic mass is 16.6. The maximum Gasteiger partial charge on any atom is 0.408 e. The van der Waals surface area contributed by atoms with E-state index >= 15 is 0 Å². The lowest BCUT2D eigenvalue weighted by Gasteiger charge is -2.43. The van der Waals surface area contributed by atoms with Gasteiger partial charge in [-0.2, -0.15) is 0 Å². The topological polar surface area (TPSA) is 108 Å². The van der Waals surface area contributed by atoms with Gasteiger partial charge >= 0.3 is 6.09 Å². The van der Waals surface area contributed by atoms with Crippen molar-refractivity contribution in [1.82, 2.24) is 15.5 Å². The predicted molar refractivity (Wildman–Crippen MR) is 127 cm³/mol. The number of carbonyl (C=O) groups is 3. The number of nitrogens with zero attached hydrogens (tertiary/aromatic N) is 1. The molecule has 1 fully saturated rings. The molecule has 1 saturated carbocycles. The average molecular weight is 462 g/mol. The van der Waals surface area contributed by atoms with E-state index in [2.05, 4.69) is 10.6 Å². The summed E-state index contributed by atoms with van der Waals surface area (Å²) in [4.78, 5) is 40.9.